The van der Waals surface area contributed by atoms with E-state index >= 15 is 0 Å². The van der Waals surface area contributed by atoms with Crippen LogP contribution in [0.3, 0.4) is 0 Å². The molecule has 8 aromatic rings. The molecule has 0 N–H and O–H groups in total. The third-order valence-corrected chi connectivity index (χ3v) is 6.75. The van der Waals surface area contributed by atoms with Crippen molar-refractivity contribution >= 4 is 43.5 Å². The molecule has 8 rings (SSSR count). The third kappa shape index (κ3) is 3.41. The molecule has 0 saturated carbocycles. The fourth-order valence-corrected chi connectivity index (χ4v) is 5.10. The Kier molecular flexibility index (Phi) is 2.53. The summed E-state index contributed by atoms with van der Waals surface area (Å²) < 4.78 is 147. The smallest absolute Gasteiger partial charge is 0.143 e. The molecule has 39 heavy (non-hydrogen) atoms. The highest BCUT2D eigenvalue weighted by atomic mass is 16.3. The summed E-state index contributed by atoms with van der Waals surface area (Å²) in [6.07, 6.45) is 0. The molecule has 0 aliphatic rings. The molecule has 0 aliphatic carbocycles. The molecule has 0 spiro atoms. The second kappa shape index (κ2) is 8.72. The largest absolute Gasteiger partial charge is 0.455 e. The molecular weight excluding hydrogens is 472 g/mol. The van der Waals surface area contributed by atoms with Gasteiger partial charge in [-0.25, -0.2) is 0 Å². The van der Waals surface area contributed by atoms with Crippen LogP contribution in [0.2, 0.25) is 0 Å². The minimum absolute atomic E-state index is 0.0647. The number of para-hydroxylation sites is 2. The van der Waals surface area contributed by atoms with Crippen molar-refractivity contribution in [3.8, 4) is 33.4 Å². The molecule has 0 amide bonds. The van der Waals surface area contributed by atoms with Crippen molar-refractivity contribution in [2.45, 2.75) is 0 Å². The lowest BCUT2D eigenvalue weighted by Gasteiger charge is -2.18. The summed E-state index contributed by atoms with van der Waals surface area (Å²) >= 11 is 0. The third-order valence-electron chi connectivity index (χ3n) is 6.75. The summed E-state index contributed by atoms with van der Waals surface area (Å²) in [7, 11) is 0. The van der Waals surface area contributed by atoms with Crippen LogP contribution < -0.4 is 0 Å². The maximum Gasteiger partial charge on any atom is 0.143 e. The fraction of sp³-hybridized carbons (Fsp3) is 0. The van der Waals surface area contributed by atoms with E-state index in [1.165, 1.54) is 6.07 Å². The standard InChI is InChI=1S/C38H24O/c1-2-11-25(12-3-1)26-21-23-27(24-22-26)36-29-14-4-6-16-31(29)37(32-17-7-5-15-30(32)36)34-19-10-18-33-28-13-8-9-20-35(28)39-38(33)34/h1-24H/i1D,2D,3D,4D,5D,6D,7D,11D,12D,14D,16D,17D,21D,22D,23D,24D. The molecule has 1 heterocycles. The number of benzene rings is 7. The Morgan fingerprint density at radius 3 is 1.85 bits per heavy atom. The molecular formula is C38H24O. The Labute approximate surface area is 249 Å². The van der Waals surface area contributed by atoms with E-state index in [2.05, 4.69) is 0 Å². The molecule has 1 aromatic heterocycles. The monoisotopic (exact) mass is 512 g/mol. The zero-order valence-electron chi connectivity index (χ0n) is 36.0. The van der Waals surface area contributed by atoms with Gasteiger partial charge in [0.1, 0.15) is 11.2 Å². The van der Waals surface area contributed by atoms with Crippen molar-refractivity contribution < 1.29 is 26.3 Å². The van der Waals surface area contributed by atoms with E-state index in [0.717, 1.165) is 5.39 Å². The van der Waals surface area contributed by atoms with Crippen molar-refractivity contribution in [1.82, 2.24) is 0 Å². The van der Waals surface area contributed by atoms with Crippen molar-refractivity contribution in [2.24, 2.45) is 0 Å². The summed E-state index contributed by atoms with van der Waals surface area (Å²) in [5.41, 5.74) is -0.742. The summed E-state index contributed by atoms with van der Waals surface area (Å²) in [5, 5.41) is 0.816. The first-order chi connectivity index (χ1) is 26.0. The van der Waals surface area contributed by atoms with Crippen LogP contribution in [0.1, 0.15) is 21.9 Å². The molecule has 0 unspecified atom stereocenters. The van der Waals surface area contributed by atoms with Gasteiger partial charge in [0.25, 0.3) is 0 Å². The first-order valence-corrected chi connectivity index (χ1v) is 12.1. The minimum atomic E-state index is -0.804. The second-order valence-corrected chi connectivity index (χ2v) is 8.86. The van der Waals surface area contributed by atoms with Gasteiger partial charge in [-0.1, -0.05) is 139 Å². The zero-order valence-corrected chi connectivity index (χ0v) is 20.0. The van der Waals surface area contributed by atoms with Gasteiger partial charge < -0.3 is 4.42 Å². The van der Waals surface area contributed by atoms with Gasteiger partial charge in [-0.3, -0.25) is 0 Å². The van der Waals surface area contributed by atoms with Gasteiger partial charge in [0.05, 0.1) is 21.9 Å². The molecule has 182 valence electrons. The van der Waals surface area contributed by atoms with Gasteiger partial charge in [0.2, 0.25) is 0 Å². The van der Waals surface area contributed by atoms with Crippen molar-refractivity contribution in [2.75, 3.05) is 0 Å². The normalized spacial score (nSPS) is 17.3. The van der Waals surface area contributed by atoms with Crippen LogP contribution in [0.4, 0.5) is 0 Å². The van der Waals surface area contributed by atoms with Crippen molar-refractivity contribution in [3.63, 3.8) is 0 Å². The average Bonchev–Trinajstić information content (AvgIpc) is 3.56. The molecule has 0 radical (unpaired) electrons. The predicted molar refractivity (Wildman–Crippen MR) is 165 cm³/mol. The van der Waals surface area contributed by atoms with Gasteiger partial charge in [-0.15, -0.1) is 0 Å². The van der Waals surface area contributed by atoms with Crippen LogP contribution >= 0.6 is 0 Å². The van der Waals surface area contributed by atoms with E-state index in [9.17, 15) is 6.85 Å². The highest BCUT2D eigenvalue weighted by Gasteiger charge is 2.19. The van der Waals surface area contributed by atoms with E-state index in [0.29, 0.717) is 22.1 Å². The van der Waals surface area contributed by atoms with Crippen LogP contribution in [0, 0.1) is 0 Å². The van der Waals surface area contributed by atoms with E-state index < -0.39 is 113 Å². The van der Waals surface area contributed by atoms with Gasteiger partial charge in [0, 0.05) is 21.9 Å². The van der Waals surface area contributed by atoms with E-state index in [1.807, 2.05) is 12.1 Å². The lowest BCUT2D eigenvalue weighted by molar-refractivity contribution is 0.670. The second-order valence-electron chi connectivity index (χ2n) is 8.86. The molecule has 0 aliphatic heterocycles. The van der Waals surface area contributed by atoms with Crippen LogP contribution in [-0.2, 0) is 0 Å². The van der Waals surface area contributed by atoms with E-state index in [-0.39, 0.29) is 32.7 Å². The summed E-state index contributed by atoms with van der Waals surface area (Å²) in [4.78, 5) is 0. The maximum atomic E-state index is 9.28. The zero-order chi connectivity index (χ0) is 39.7. The van der Waals surface area contributed by atoms with Crippen molar-refractivity contribution in [1.29, 1.82) is 0 Å². The highest BCUT2D eigenvalue weighted by molar-refractivity contribution is 6.24. The summed E-state index contributed by atoms with van der Waals surface area (Å²) in [6, 6.07) is 2.64. The Bertz CT molecular complexity index is 3000. The topological polar surface area (TPSA) is 13.1 Å². The molecule has 0 fully saturated rings. The molecule has 1 heteroatoms. The highest BCUT2D eigenvalue weighted by Crippen LogP contribution is 2.46. The Morgan fingerprint density at radius 2 is 1.03 bits per heavy atom. The lowest BCUT2D eigenvalue weighted by atomic mass is 9.85. The number of hydrogen-bond acceptors (Lipinski definition) is 1. The van der Waals surface area contributed by atoms with Crippen LogP contribution in [-0.4, -0.2) is 0 Å². The number of furan rings is 1. The Morgan fingerprint density at radius 1 is 0.410 bits per heavy atom. The quantitative estimate of drug-likeness (QED) is 0.215. The average molecular weight is 513 g/mol. The predicted octanol–water partition coefficient (Wildman–Crippen LogP) is 10.9. The maximum absolute atomic E-state index is 9.28. The van der Waals surface area contributed by atoms with Crippen LogP contribution in [0.5, 0.6) is 0 Å². The first-order valence-electron chi connectivity index (χ1n) is 20.1. The van der Waals surface area contributed by atoms with Crippen LogP contribution in [0.25, 0.3) is 76.9 Å². The van der Waals surface area contributed by atoms with Gasteiger partial charge in [-0.05, 0) is 49.9 Å². The first kappa shape index (κ1) is 11.3. The number of rotatable bonds is 3. The Balaban J connectivity index is 1.63. The van der Waals surface area contributed by atoms with Gasteiger partial charge in [-0.2, -0.15) is 0 Å². The summed E-state index contributed by atoms with van der Waals surface area (Å²) in [6.45, 7) is 0. The SMILES string of the molecule is [2H]c1cc2c(-c3c([2H])c([2H])c(-c4c([2H])c([2H])c([2H])c([2H])c4[2H])c([2H])c3[2H])c3c([2H])c([2H])c([2H])c([2H])c3c(-c3cccc4c3oc3ccccc34)c2c([2H])c1[2H]. The number of fused-ring (bicyclic) bond motifs is 5. The minimum Gasteiger partial charge on any atom is -0.455 e. The Hall–Kier alpha value is -5.14. The van der Waals surface area contributed by atoms with Gasteiger partial charge in [0.15, 0.2) is 0 Å². The molecule has 0 atom stereocenters. The molecule has 0 saturated heterocycles. The van der Waals surface area contributed by atoms with Crippen molar-refractivity contribution in [3.05, 3.63) is 145 Å². The van der Waals surface area contributed by atoms with E-state index in [4.69, 9.17) is 19.5 Å². The lowest BCUT2D eigenvalue weighted by Crippen LogP contribution is -1.91. The summed E-state index contributed by atoms with van der Waals surface area (Å²) in [5.74, 6) is 0. The number of hydrogen-bond donors (Lipinski definition) is 0. The fourth-order valence-electron chi connectivity index (χ4n) is 5.10. The van der Waals surface area contributed by atoms with Gasteiger partial charge >= 0.3 is 0 Å². The van der Waals surface area contributed by atoms with E-state index in [1.54, 1.807) is 30.3 Å². The molecule has 0 bridgehead atoms. The molecule has 7 aromatic carbocycles. The van der Waals surface area contributed by atoms with Crippen LogP contribution in [0.15, 0.2) is 150 Å². The molecule has 1 nitrogen and oxygen atoms in total.